The van der Waals surface area contributed by atoms with Gasteiger partial charge in [-0.15, -0.1) is 0 Å². The second-order valence-corrected chi connectivity index (χ2v) is 4.89. The molecule has 2 rings (SSSR count). The number of benzene rings is 1. The second kappa shape index (κ2) is 7.02. The van der Waals surface area contributed by atoms with Crippen LogP contribution in [0.15, 0.2) is 24.3 Å². The largest absolute Gasteiger partial charge is 0.496 e. The summed E-state index contributed by atoms with van der Waals surface area (Å²) in [7, 11) is 1.34. The molecule has 0 bridgehead atoms. The Morgan fingerprint density at radius 1 is 1.42 bits per heavy atom. The summed E-state index contributed by atoms with van der Waals surface area (Å²) in [6.45, 7) is 1.24. The lowest BCUT2D eigenvalue weighted by molar-refractivity contribution is -0.384. The van der Waals surface area contributed by atoms with E-state index in [1.54, 1.807) is 6.92 Å². The molecule has 0 radical (unpaired) electrons. The number of aryl methyl sites for hydroxylation is 1. The third-order valence-corrected chi connectivity index (χ3v) is 3.14. The fourth-order valence-electron chi connectivity index (χ4n) is 2.02. The fraction of sp³-hybridized carbons (Fsp3) is 0.286. The molecule has 1 heterocycles. The molecule has 2 aromatic rings. The predicted octanol–water partition coefficient (Wildman–Crippen LogP) is 2.68. The molecule has 0 saturated heterocycles. The number of non-ortho nitro benzene ring substituents is 1. The molecule has 1 aromatic carbocycles. The van der Waals surface area contributed by atoms with Crippen molar-refractivity contribution < 1.29 is 23.2 Å². The summed E-state index contributed by atoms with van der Waals surface area (Å²) in [5.74, 6) is -0.362. The molecule has 1 aromatic heterocycles. The number of aromatic nitrogens is 2. The van der Waals surface area contributed by atoms with Gasteiger partial charge in [0.05, 0.1) is 23.8 Å². The van der Waals surface area contributed by atoms with Gasteiger partial charge in [0.2, 0.25) is 5.91 Å². The number of anilines is 1. The van der Waals surface area contributed by atoms with Crippen LogP contribution in [0, 0.1) is 17.0 Å². The van der Waals surface area contributed by atoms with Crippen molar-refractivity contribution in [1.82, 2.24) is 9.78 Å². The minimum Gasteiger partial charge on any atom is -0.496 e. The zero-order chi connectivity index (χ0) is 17.9. The number of rotatable bonds is 6. The van der Waals surface area contributed by atoms with E-state index in [4.69, 9.17) is 4.74 Å². The highest BCUT2D eigenvalue weighted by atomic mass is 19.3. The molecule has 0 aliphatic heterocycles. The number of nitro groups is 1. The lowest BCUT2D eigenvalue weighted by Gasteiger charge is -2.08. The first-order chi connectivity index (χ1) is 11.3. The van der Waals surface area contributed by atoms with Crippen LogP contribution in [-0.4, -0.2) is 27.7 Å². The van der Waals surface area contributed by atoms with Gasteiger partial charge in [-0.1, -0.05) is 0 Å². The van der Waals surface area contributed by atoms with Crippen LogP contribution in [0.2, 0.25) is 0 Å². The molecule has 24 heavy (non-hydrogen) atoms. The molecule has 0 atom stereocenters. The van der Waals surface area contributed by atoms with E-state index in [0.717, 1.165) is 4.68 Å². The Morgan fingerprint density at radius 3 is 2.67 bits per heavy atom. The van der Waals surface area contributed by atoms with E-state index in [0.29, 0.717) is 5.69 Å². The molecule has 10 heteroatoms. The smallest absolute Gasteiger partial charge is 0.282 e. The van der Waals surface area contributed by atoms with Gasteiger partial charge in [-0.2, -0.15) is 5.10 Å². The Labute approximate surface area is 135 Å². The Hall–Kier alpha value is -3.04. The van der Waals surface area contributed by atoms with E-state index >= 15 is 0 Å². The van der Waals surface area contributed by atoms with E-state index in [1.165, 1.54) is 31.4 Å². The van der Waals surface area contributed by atoms with Crippen LogP contribution < -0.4 is 10.1 Å². The number of ether oxygens (including phenoxy) is 1. The molecule has 0 aliphatic carbocycles. The summed E-state index contributed by atoms with van der Waals surface area (Å²) >= 11 is 0. The van der Waals surface area contributed by atoms with E-state index in [1.807, 2.05) is 0 Å². The summed E-state index contributed by atoms with van der Waals surface area (Å²) < 4.78 is 31.3. The number of nitrogens with one attached hydrogen (secondary N) is 1. The number of amides is 1. The molecule has 128 valence electrons. The lowest BCUT2D eigenvalue weighted by Crippen LogP contribution is -2.20. The maximum absolute atomic E-state index is 12.6. The number of hydrogen-bond donors (Lipinski definition) is 1. The lowest BCUT2D eigenvalue weighted by atomic mass is 10.2. The fourth-order valence-corrected chi connectivity index (χ4v) is 2.02. The Balaban J connectivity index is 2.15. The summed E-state index contributed by atoms with van der Waals surface area (Å²) in [6, 6.07) is 4.98. The molecule has 0 aliphatic rings. The number of hydrogen-bond acceptors (Lipinski definition) is 5. The number of carbonyl (C=O) groups is 1. The van der Waals surface area contributed by atoms with Crippen LogP contribution in [0.5, 0.6) is 5.75 Å². The van der Waals surface area contributed by atoms with E-state index in [-0.39, 0.29) is 23.7 Å². The van der Waals surface area contributed by atoms with Crippen LogP contribution in [-0.2, 0) is 11.3 Å². The van der Waals surface area contributed by atoms with Gasteiger partial charge >= 0.3 is 0 Å². The third-order valence-electron chi connectivity index (χ3n) is 3.14. The Morgan fingerprint density at radius 2 is 2.12 bits per heavy atom. The average Bonchev–Trinajstić information content (AvgIpc) is 2.88. The SMILES string of the molecule is COc1cc(NC(=O)Cn2nc(C(F)F)cc2C)cc([N+](=O)[O-])c1. The molecule has 0 unspecified atom stereocenters. The monoisotopic (exact) mass is 340 g/mol. The summed E-state index contributed by atoms with van der Waals surface area (Å²) in [5.41, 5.74) is -0.112. The number of alkyl halides is 2. The first-order valence-electron chi connectivity index (χ1n) is 6.76. The summed E-state index contributed by atoms with van der Waals surface area (Å²) in [4.78, 5) is 22.3. The van der Waals surface area contributed by atoms with E-state index < -0.39 is 22.9 Å². The van der Waals surface area contributed by atoms with Crippen molar-refractivity contribution in [2.24, 2.45) is 0 Å². The van der Waals surface area contributed by atoms with Gasteiger partial charge in [-0.3, -0.25) is 19.6 Å². The quantitative estimate of drug-likeness (QED) is 0.644. The van der Waals surface area contributed by atoms with Crippen LogP contribution in [0.3, 0.4) is 0 Å². The highest BCUT2D eigenvalue weighted by Crippen LogP contribution is 2.26. The van der Waals surface area contributed by atoms with E-state index in [9.17, 15) is 23.7 Å². The van der Waals surface area contributed by atoms with Gasteiger partial charge < -0.3 is 10.1 Å². The highest BCUT2D eigenvalue weighted by Gasteiger charge is 2.16. The van der Waals surface area contributed by atoms with Crippen LogP contribution in [0.25, 0.3) is 0 Å². The second-order valence-electron chi connectivity index (χ2n) is 4.89. The number of methoxy groups -OCH3 is 1. The third kappa shape index (κ3) is 4.03. The van der Waals surface area contributed by atoms with Crippen molar-refractivity contribution in [3.8, 4) is 5.75 Å². The molecule has 0 fully saturated rings. The highest BCUT2D eigenvalue weighted by molar-refractivity contribution is 5.91. The topological polar surface area (TPSA) is 99.3 Å². The first kappa shape index (κ1) is 17.3. The maximum atomic E-state index is 12.6. The maximum Gasteiger partial charge on any atom is 0.282 e. The number of halogens is 2. The van der Waals surface area contributed by atoms with Crippen molar-refractivity contribution >= 4 is 17.3 Å². The Kier molecular flexibility index (Phi) is 5.07. The number of nitrogens with zero attached hydrogens (tertiary/aromatic N) is 3. The van der Waals surface area contributed by atoms with Gasteiger partial charge in [-0.25, -0.2) is 8.78 Å². The van der Waals surface area contributed by atoms with Crippen molar-refractivity contribution in [2.75, 3.05) is 12.4 Å². The van der Waals surface area contributed by atoms with Gasteiger partial charge in [0.15, 0.2) is 0 Å². The van der Waals surface area contributed by atoms with Gasteiger partial charge in [0.25, 0.3) is 12.1 Å². The first-order valence-corrected chi connectivity index (χ1v) is 6.76. The van der Waals surface area contributed by atoms with Crippen molar-refractivity contribution in [2.45, 2.75) is 19.9 Å². The minimum atomic E-state index is -2.73. The van der Waals surface area contributed by atoms with Crippen LogP contribution in [0.4, 0.5) is 20.2 Å². The zero-order valence-electron chi connectivity index (χ0n) is 12.8. The molecule has 8 nitrogen and oxygen atoms in total. The summed E-state index contributed by atoms with van der Waals surface area (Å²) in [5, 5.41) is 17.0. The van der Waals surface area contributed by atoms with Crippen molar-refractivity contribution in [3.63, 3.8) is 0 Å². The Bertz CT molecular complexity index is 776. The molecule has 0 saturated carbocycles. The van der Waals surface area contributed by atoms with Gasteiger partial charge in [0, 0.05) is 17.8 Å². The van der Waals surface area contributed by atoms with Gasteiger partial charge in [0.1, 0.15) is 18.0 Å². The van der Waals surface area contributed by atoms with Crippen LogP contribution >= 0.6 is 0 Å². The normalized spacial score (nSPS) is 10.7. The summed E-state index contributed by atoms with van der Waals surface area (Å²) in [6.07, 6.45) is -2.73. The predicted molar refractivity (Wildman–Crippen MR) is 80.2 cm³/mol. The van der Waals surface area contributed by atoms with Crippen molar-refractivity contribution in [1.29, 1.82) is 0 Å². The minimum absolute atomic E-state index is 0.157. The molecule has 1 N–H and O–H groups in total. The zero-order valence-corrected chi connectivity index (χ0v) is 12.8. The van der Waals surface area contributed by atoms with Crippen molar-refractivity contribution in [3.05, 3.63) is 45.8 Å². The molecular formula is C14H14F2N4O4. The number of carbonyl (C=O) groups excluding carboxylic acids is 1. The molecule has 0 spiro atoms. The van der Waals surface area contributed by atoms with E-state index in [2.05, 4.69) is 10.4 Å². The standard InChI is InChI=1S/C14H14F2N4O4/c1-8-3-12(14(15)16)18-19(8)7-13(21)17-9-4-10(20(22)23)6-11(5-9)24-2/h3-6,14H,7H2,1-2H3,(H,17,21). The molecular weight excluding hydrogens is 326 g/mol. The molecule has 1 amide bonds. The average molecular weight is 340 g/mol. The van der Waals surface area contributed by atoms with Crippen LogP contribution in [0.1, 0.15) is 17.8 Å². The number of nitro benzene ring substituents is 1. The van der Waals surface area contributed by atoms with Gasteiger partial charge in [-0.05, 0) is 13.0 Å².